The van der Waals surface area contributed by atoms with E-state index < -0.39 is 0 Å². The number of amides is 2. The van der Waals surface area contributed by atoms with E-state index in [1.54, 1.807) is 66.7 Å². The zero-order chi connectivity index (χ0) is 19.2. The quantitative estimate of drug-likeness (QED) is 0.755. The van der Waals surface area contributed by atoms with Gasteiger partial charge in [0.05, 0.1) is 20.5 Å². The third-order valence-electron chi connectivity index (χ3n) is 4.41. The van der Waals surface area contributed by atoms with Gasteiger partial charge in [0, 0.05) is 43.9 Å². The Morgan fingerprint density at radius 1 is 1.00 bits per heavy atom. The average molecular weight is 370 g/mol. The Labute approximate surface area is 157 Å². The van der Waals surface area contributed by atoms with Crippen LogP contribution in [0.5, 0.6) is 11.5 Å². The number of rotatable bonds is 5. The van der Waals surface area contributed by atoms with Crippen LogP contribution in [0.15, 0.2) is 47.1 Å². The van der Waals surface area contributed by atoms with Crippen LogP contribution in [0.4, 0.5) is 0 Å². The number of hydrogen-bond acceptors (Lipinski definition) is 5. The molecule has 1 aliphatic rings. The summed E-state index contributed by atoms with van der Waals surface area (Å²) >= 11 is 0. The first-order valence-electron chi connectivity index (χ1n) is 8.63. The van der Waals surface area contributed by atoms with Gasteiger partial charge in [0.2, 0.25) is 5.91 Å². The lowest BCUT2D eigenvalue weighted by Crippen LogP contribution is -2.50. The number of hydrogen-bond donors (Lipinski definition) is 0. The molecule has 7 heteroatoms. The number of ether oxygens (including phenoxy) is 2. The minimum Gasteiger partial charge on any atom is -0.497 e. The smallest absolute Gasteiger partial charge is 0.254 e. The van der Waals surface area contributed by atoms with Crippen molar-refractivity contribution < 1.29 is 23.5 Å². The molecule has 1 aromatic heterocycles. The van der Waals surface area contributed by atoms with Gasteiger partial charge in [-0.3, -0.25) is 9.59 Å². The number of carbonyl (C=O) groups excluding carboxylic acids is 2. The molecule has 27 heavy (non-hydrogen) atoms. The van der Waals surface area contributed by atoms with E-state index in [1.807, 2.05) is 0 Å². The molecule has 3 rings (SSSR count). The molecule has 0 N–H and O–H groups in total. The molecule has 0 bridgehead atoms. The highest BCUT2D eigenvalue weighted by atomic mass is 16.5. The van der Waals surface area contributed by atoms with Gasteiger partial charge in [0.15, 0.2) is 0 Å². The number of methoxy groups -OCH3 is 2. The Balaban J connectivity index is 1.60. The van der Waals surface area contributed by atoms with Crippen molar-refractivity contribution in [3.8, 4) is 11.5 Å². The highest BCUT2D eigenvalue weighted by molar-refractivity contribution is 5.95. The summed E-state index contributed by atoms with van der Waals surface area (Å²) in [6.45, 7) is 1.90. The van der Waals surface area contributed by atoms with Gasteiger partial charge in [-0.25, -0.2) is 0 Å². The van der Waals surface area contributed by atoms with Crippen molar-refractivity contribution in [3.05, 3.63) is 54.0 Å². The highest BCUT2D eigenvalue weighted by Gasteiger charge is 2.24. The summed E-state index contributed by atoms with van der Waals surface area (Å²) in [7, 11) is 3.09. The number of benzene rings is 1. The molecule has 2 heterocycles. The molecule has 0 saturated carbocycles. The second-order valence-corrected chi connectivity index (χ2v) is 6.07. The van der Waals surface area contributed by atoms with Crippen LogP contribution in [0.2, 0.25) is 0 Å². The summed E-state index contributed by atoms with van der Waals surface area (Å²) < 4.78 is 15.6. The minimum absolute atomic E-state index is 0.0958. The third-order valence-corrected chi connectivity index (χ3v) is 4.41. The van der Waals surface area contributed by atoms with Crippen molar-refractivity contribution in [3.63, 3.8) is 0 Å². The van der Waals surface area contributed by atoms with E-state index in [9.17, 15) is 9.59 Å². The van der Waals surface area contributed by atoms with E-state index in [4.69, 9.17) is 13.9 Å². The maximum Gasteiger partial charge on any atom is 0.254 e. The largest absolute Gasteiger partial charge is 0.497 e. The second-order valence-electron chi connectivity index (χ2n) is 6.07. The maximum atomic E-state index is 12.8. The highest BCUT2D eigenvalue weighted by Crippen LogP contribution is 2.23. The molecule has 1 aromatic carbocycles. The van der Waals surface area contributed by atoms with Crippen LogP contribution in [0.25, 0.3) is 6.08 Å². The first kappa shape index (κ1) is 18.6. The number of piperazine rings is 1. The van der Waals surface area contributed by atoms with Crippen LogP contribution in [-0.4, -0.2) is 62.0 Å². The van der Waals surface area contributed by atoms with Gasteiger partial charge in [0.1, 0.15) is 17.3 Å². The van der Waals surface area contributed by atoms with Gasteiger partial charge in [-0.1, -0.05) is 0 Å². The monoisotopic (exact) mass is 370 g/mol. The van der Waals surface area contributed by atoms with Gasteiger partial charge < -0.3 is 23.7 Å². The van der Waals surface area contributed by atoms with Crippen molar-refractivity contribution in [2.24, 2.45) is 0 Å². The van der Waals surface area contributed by atoms with E-state index >= 15 is 0 Å². The van der Waals surface area contributed by atoms with Crippen molar-refractivity contribution >= 4 is 17.9 Å². The second kappa shape index (κ2) is 8.44. The summed E-state index contributed by atoms with van der Waals surface area (Å²) in [5.74, 6) is 1.56. The van der Waals surface area contributed by atoms with E-state index in [2.05, 4.69) is 0 Å². The molecule has 2 aromatic rings. The molecule has 1 aliphatic heterocycles. The Morgan fingerprint density at radius 2 is 1.63 bits per heavy atom. The van der Waals surface area contributed by atoms with Crippen LogP contribution in [0, 0.1) is 0 Å². The van der Waals surface area contributed by atoms with Gasteiger partial charge >= 0.3 is 0 Å². The van der Waals surface area contributed by atoms with Gasteiger partial charge in [-0.15, -0.1) is 0 Å². The predicted molar refractivity (Wildman–Crippen MR) is 99.8 cm³/mol. The van der Waals surface area contributed by atoms with Gasteiger partial charge in [-0.2, -0.15) is 0 Å². The fourth-order valence-corrected chi connectivity index (χ4v) is 2.89. The summed E-state index contributed by atoms with van der Waals surface area (Å²) in [5.41, 5.74) is 0.503. The number of nitrogens with zero attached hydrogens (tertiary/aromatic N) is 2. The molecule has 2 amide bonds. The fraction of sp³-hybridized carbons (Fsp3) is 0.300. The Morgan fingerprint density at radius 3 is 2.19 bits per heavy atom. The summed E-state index contributed by atoms with van der Waals surface area (Å²) in [6, 6.07) is 8.65. The SMILES string of the molecule is COc1cc(OC)cc(C(=O)N2CCN(C(=O)/C=C/c3ccco3)CC2)c1. The zero-order valence-electron chi connectivity index (χ0n) is 15.4. The van der Waals surface area contributed by atoms with Crippen LogP contribution in [-0.2, 0) is 4.79 Å². The molecule has 0 atom stereocenters. The number of carbonyl (C=O) groups is 2. The van der Waals surface area contributed by atoms with E-state index in [1.165, 1.54) is 6.08 Å². The lowest BCUT2D eigenvalue weighted by atomic mass is 10.1. The van der Waals surface area contributed by atoms with Gasteiger partial charge in [-0.05, 0) is 30.3 Å². The molecule has 0 aliphatic carbocycles. The molecule has 1 saturated heterocycles. The lowest BCUT2D eigenvalue weighted by Gasteiger charge is -2.34. The van der Waals surface area contributed by atoms with E-state index in [0.717, 1.165) is 0 Å². The summed E-state index contributed by atoms with van der Waals surface area (Å²) in [5, 5.41) is 0. The lowest BCUT2D eigenvalue weighted by molar-refractivity contribution is -0.127. The Kier molecular flexibility index (Phi) is 5.80. The molecule has 1 fully saturated rings. The zero-order valence-corrected chi connectivity index (χ0v) is 15.4. The first-order valence-corrected chi connectivity index (χ1v) is 8.63. The first-order chi connectivity index (χ1) is 13.1. The minimum atomic E-state index is -0.106. The topological polar surface area (TPSA) is 72.2 Å². The molecular weight excluding hydrogens is 348 g/mol. The average Bonchev–Trinajstić information content (AvgIpc) is 3.24. The van der Waals surface area contributed by atoms with Crippen LogP contribution in [0.3, 0.4) is 0 Å². The van der Waals surface area contributed by atoms with Crippen molar-refractivity contribution in [1.29, 1.82) is 0 Å². The fourth-order valence-electron chi connectivity index (χ4n) is 2.89. The molecule has 142 valence electrons. The van der Waals surface area contributed by atoms with Crippen LogP contribution >= 0.6 is 0 Å². The van der Waals surface area contributed by atoms with Crippen molar-refractivity contribution in [2.75, 3.05) is 40.4 Å². The maximum absolute atomic E-state index is 12.8. The van der Waals surface area contributed by atoms with Crippen molar-refractivity contribution in [2.45, 2.75) is 0 Å². The van der Waals surface area contributed by atoms with Crippen LogP contribution < -0.4 is 9.47 Å². The molecular formula is C20H22N2O5. The van der Waals surface area contributed by atoms with Crippen LogP contribution in [0.1, 0.15) is 16.1 Å². The molecule has 0 unspecified atom stereocenters. The Hall–Kier alpha value is -3.22. The van der Waals surface area contributed by atoms with Gasteiger partial charge in [0.25, 0.3) is 5.91 Å². The normalized spacial score (nSPS) is 14.4. The Bertz CT molecular complexity index is 799. The third kappa shape index (κ3) is 4.49. The molecule has 7 nitrogen and oxygen atoms in total. The predicted octanol–water partition coefficient (Wildman–Crippen LogP) is 2.29. The number of furan rings is 1. The molecule has 0 spiro atoms. The summed E-state index contributed by atoms with van der Waals surface area (Å²) in [6.07, 6.45) is 4.69. The summed E-state index contributed by atoms with van der Waals surface area (Å²) in [4.78, 5) is 28.5. The molecule has 0 radical (unpaired) electrons. The van der Waals surface area contributed by atoms with E-state index in [0.29, 0.717) is 49.0 Å². The van der Waals surface area contributed by atoms with Crippen molar-refractivity contribution in [1.82, 2.24) is 9.80 Å². The standard InChI is InChI=1S/C20H22N2O5/c1-25-17-12-15(13-18(14-17)26-2)20(24)22-9-7-21(8-10-22)19(23)6-5-16-4-3-11-27-16/h3-6,11-14H,7-10H2,1-2H3/b6-5+. The van der Waals surface area contributed by atoms with E-state index in [-0.39, 0.29) is 11.8 Å².